The average Bonchev–Trinajstić information content (AvgIpc) is 3.24. The van der Waals surface area contributed by atoms with Crippen LogP contribution in [0.15, 0.2) is 42.6 Å². The predicted octanol–water partition coefficient (Wildman–Crippen LogP) is 5.06. The van der Waals surface area contributed by atoms with Crippen LogP contribution in [0.2, 0.25) is 0 Å². The van der Waals surface area contributed by atoms with Gasteiger partial charge >= 0.3 is 12.1 Å². The van der Waals surface area contributed by atoms with E-state index in [1.54, 1.807) is 24.4 Å². The second-order valence-corrected chi connectivity index (χ2v) is 9.61. The molecule has 0 aliphatic carbocycles. The molecule has 9 nitrogen and oxygen atoms in total. The van der Waals surface area contributed by atoms with Crippen LogP contribution in [0.4, 0.5) is 10.6 Å². The van der Waals surface area contributed by atoms with Gasteiger partial charge in [-0.25, -0.2) is 19.6 Å². The molecule has 0 aliphatic rings. The number of ether oxygens (including phenoxy) is 2. The first-order chi connectivity index (χ1) is 16.5. The van der Waals surface area contributed by atoms with Crippen molar-refractivity contribution < 1.29 is 19.1 Å². The van der Waals surface area contributed by atoms with Gasteiger partial charge in [0, 0.05) is 24.0 Å². The highest BCUT2D eigenvalue weighted by molar-refractivity contribution is 5.95. The van der Waals surface area contributed by atoms with Crippen molar-refractivity contribution in [2.24, 2.45) is 0 Å². The smallest absolute Gasteiger partial charge is 0.435 e. The molecular weight excluding hydrogens is 446 g/mol. The van der Waals surface area contributed by atoms with Crippen molar-refractivity contribution >= 4 is 39.8 Å². The molecule has 4 rings (SSSR count). The summed E-state index contributed by atoms with van der Waals surface area (Å²) in [5, 5.41) is 5.01. The van der Waals surface area contributed by atoms with Crippen molar-refractivity contribution in [2.75, 3.05) is 19.1 Å². The minimum atomic E-state index is -0.625. The fourth-order valence-corrected chi connectivity index (χ4v) is 3.60. The average molecular weight is 476 g/mol. The van der Waals surface area contributed by atoms with Crippen LogP contribution < -0.4 is 4.90 Å². The van der Waals surface area contributed by atoms with Gasteiger partial charge in [0.2, 0.25) is 0 Å². The summed E-state index contributed by atoms with van der Waals surface area (Å²) in [5.41, 5.74) is 3.19. The Bertz CT molecular complexity index is 1440. The maximum absolute atomic E-state index is 12.6. The second-order valence-electron chi connectivity index (χ2n) is 9.61. The molecule has 35 heavy (non-hydrogen) atoms. The number of aromatic nitrogens is 4. The summed E-state index contributed by atoms with van der Waals surface area (Å²) in [6.45, 7) is 9.57. The lowest BCUT2D eigenvalue weighted by Crippen LogP contribution is -2.27. The van der Waals surface area contributed by atoms with E-state index >= 15 is 0 Å². The normalized spacial score (nSPS) is 11.8. The number of nitrogens with zero attached hydrogens (tertiary/aromatic N) is 5. The minimum Gasteiger partial charge on any atom is -0.465 e. The lowest BCUT2D eigenvalue weighted by atomic mass is 10.1. The number of hydrogen-bond donors (Lipinski definition) is 0. The van der Waals surface area contributed by atoms with E-state index in [-0.39, 0.29) is 6.04 Å². The summed E-state index contributed by atoms with van der Waals surface area (Å²) in [4.78, 5) is 36.4. The van der Waals surface area contributed by atoms with E-state index < -0.39 is 17.7 Å². The van der Waals surface area contributed by atoms with Gasteiger partial charge in [-0.05, 0) is 65.0 Å². The molecule has 0 N–H and O–H groups in total. The lowest BCUT2D eigenvalue weighted by molar-refractivity contribution is 0.0521. The quantitative estimate of drug-likeness (QED) is 0.378. The molecule has 0 unspecified atom stereocenters. The molecule has 0 radical (unpaired) electrons. The van der Waals surface area contributed by atoms with E-state index in [1.165, 1.54) is 11.8 Å². The topological polar surface area (TPSA) is 99.4 Å². The Balaban J connectivity index is 1.84. The largest absolute Gasteiger partial charge is 0.465 e. The predicted molar refractivity (Wildman–Crippen MR) is 135 cm³/mol. The molecule has 0 fully saturated rings. The summed E-state index contributed by atoms with van der Waals surface area (Å²) in [7, 11) is 3.30. The summed E-state index contributed by atoms with van der Waals surface area (Å²) in [6, 6.07) is 10.9. The molecule has 0 amide bonds. The van der Waals surface area contributed by atoms with Crippen molar-refractivity contribution in [1.29, 1.82) is 0 Å². The van der Waals surface area contributed by atoms with Gasteiger partial charge in [0.05, 0.1) is 35.4 Å². The van der Waals surface area contributed by atoms with Gasteiger partial charge in [-0.1, -0.05) is 6.07 Å². The van der Waals surface area contributed by atoms with Crippen molar-refractivity contribution in [3.63, 3.8) is 0 Å². The zero-order valence-corrected chi connectivity index (χ0v) is 21.0. The highest BCUT2D eigenvalue weighted by Gasteiger charge is 2.22. The SMILES string of the molecule is COC(=O)c1ccc2nc(-c3ccc4c(cnn4C(=O)OC(C)(C)C)c3)c(N(C)C(C)C)nc2c1. The van der Waals surface area contributed by atoms with Gasteiger partial charge in [0.15, 0.2) is 5.82 Å². The van der Waals surface area contributed by atoms with Crippen LogP contribution in [0.5, 0.6) is 0 Å². The Kier molecular flexibility index (Phi) is 6.19. The first kappa shape index (κ1) is 24.1. The molecule has 4 aromatic rings. The fourth-order valence-electron chi connectivity index (χ4n) is 3.60. The van der Waals surface area contributed by atoms with Gasteiger partial charge in [-0.15, -0.1) is 0 Å². The van der Waals surface area contributed by atoms with Crippen molar-refractivity contribution in [1.82, 2.24) is 19.7 Å². The molecule has 2 aromatic carbocycles. The third kappa shape index (κ3) is 4.80. The van der Waals surface area contributed by atoms with Crippen molar-refractivity contribution in [2.45, 2.75) is 46.3 Å². The molecule has 0 bridgehead atoms. The van der Waals surface area contributed by atoms with E-state index in [9.17, 15) is 9.59 Å². The molecular formula is C26H29N5O4. The first-order valence-corrected chi connectivity index (χ1v) is 11.3. The van der Waals surface area contributed by atoms with E-state index in [4.69, 9.17) is 19.4 Å². The standard InChI is InChI=1S/C26H29N5O4/c1-15(2)30(6)23-22(28-19-10-8-17(24(32)34-7)13-20(19)29-23)16-9-11-21-18(12-16)14-27-31(21)25(33)35-26(3,4)5/h8-15H,1-7H3. The molecule has 0 saturated carbocycles. The van der Waals surface area contributed by atoms with Gasteiger partial charge in [-0.2, -0.15) is 9.78 Å². The number of anilines is 1. The van der Waals surface area contributed by atoms with Crippen molar-refractivity contribution in [3.8, 4) is 11.3 Å². The number of hydrogen-bond acceptors (Lipinski definition) is 8. The second kappa shape index (κ2) is 8.98. The van der Waals surface area contributed by atoms with E-state index in [2.05, 4.69) is 18.9 Å². The summed E-state index contributed by atoms with van der Waals surface area (Å²) >= 11 is 0. The van der Waals surface area contributed by atoms with Crippen molar-refractivity contribution in [3.05, 3.63) is 48.2 Å². The van der Waals surface area contributed by atoms with Crippen LogP contribution in [-0.2, 0) is 9.47 Å². The number of rotatable bonds is 4. The number of carbonyl (C=O) groups excluding carboxylic acids is 2. The molecule has 2 aromatic heterocycles. The number of benzene rings is 2. The highest BCUT2D eigenvalue weighted by atomic mass is 16.6. The Labute approximate surface area is 203 Å². The maximum Gasteiger partial charge on any atom is 0.435 e. The zero-order valence-electron chi connectivity index (χ0n) is 21.0. The molecule has 0 atom stereocenters. The monoisotopic (exact) mass is 475 g/mol. The third-order valence-electron chi connectivity index (χ3n) is 5.58. The summed E-state index contributed by atoms with van der Waals surface area (Å²) < 4.78 is 11.6. The number of carbonyl (C=O) groups is 2. The Morgan fingerprint density at radius 1 is 1.03 bits per heavy atom. The van der Waals surface area contributed by atoms with Crippen LogP contribution >= 0.6 is 0 Å². The molecule has 182 valence electrons. The van der Waals surface area contributed by atoms with E-state index in [1.807, 2.05) is 50.9 Å². The minimum absolute atomic E-state index is 0.155. The number of esters is 1. The highest BCUT2D eigenvalue weighted by Crippen LogP contribution is 2.32. The molecule has 0 aliphatic heterocycles. The summed E-state index contributed by atoms with van der Waals surface area (Å²) in [5.74, 6) is 0.248. The zero-order chi connectivity index (χ0) is 25.5. The van der Waals surface area contributed by atoms with Gasteiger partial charge < -0.3 is 14.4 Å². The van der Waals surface area contributed by atoms with Crippen LogP contribution in [0.1, 0.15) is 45.0 Å². The Morgan fingerprint density at radius 2 is 1.77 bits per heavy atom. The van der Waals surface area contributed by atoms with Gasteiger partial charge in [0.1, 0.15) is 11.3 Å². The van der Waals surface area contributed by atoms with Crippen LogP contribution in [0, 0.1) is 0 Å². The van der Waals surface area contributed by atoms with Gasteiger partial charge in [0.25, 0.3) is 0 Å². The van der Waals surface area contributed by atoms with Crippen LogP contribution in [0.3, 0.4) is 0 Å². The molecule has 0 spiro atoms. The van der Waals surface area contributed by atoms with Gasteiger partial charge in [-0.3, -0.25) is 0 Å². The Morgan fingerprint density at radius 3 is 2.43 bits per heavy atom. The van der Waals surface area contributed by atoms with E-state index in [0.29, 0.717) is 33.6 Å². The maximum atomic E-state index is 12.6. The molecule has 0 saturated heterocycles. The first-order valence-electron chi connectivity index (χ1n) is 11.3. The number of fused-ring (bicyclic) bond motifs is 2. The Hall–Kier alpha value is -4.01. The third-order valence-corrected chi connectivity index (χ3v) is 5.58. The number of methoxy groups -OCH3 is 1. The van der Waals surface area contributed by atoms with E-state index in [0.717, 1.165) is 10.9 Å². The molecule has 9 heteroatoms. The fraction of sp³-hybridized carbons (Fsp3) is 0.346. The summed E-state index contributed by atoms with van der Waals surface area (Å²) in [6.07, 6.45) is 1.10. The lowest BCUT2D eigenvalue weighted by Gasteiger charge is -2.25. The van der Waals surface area contributed by atoms with Crippen LogP contribution in [-0.4, -0.2) is 57.6 Å². The van der Waals surface area contributed by atoms with Crippen LogP contribution in [0.25, 0.3) is 33.2 Å². The molecule has 2 heterocycles.